The lowest BCUT2D eigenvalue weighted by Crippen LogP contribution is -2.71. The van der Waals surface area contributed by atoms with Gasteiger partial charge >= 0.3 is 5.97 Å². The maximum absolute atomic E-state index is 13.3. The lowest BCUT2D eigenvalue weighted by molar-refractivity contribution is -0.399. The fourth-order valence-corrected chi connectivity index (χ4v) is 18.4. The van der Waals surface area contributed by atoms with Crippen molar-refractivity contribution in [1.82, 2.24) is 26.6 Å². The van der Waals surface area contributed by atoms with Gasteiger partial charge in [-0.3, -0.25) is 24.0 Å². The van der Waals surface area contributed by atoms with E-state index in [0.29, 0.717) is 0 Å². The monoisotopic (exact) mass is 2110 g/mol. The second-order valence-electron chi connectivity index (χ2n) is 36.0. The number of carboxylic acid groups (broad SMARTS) is 1. The molecule has 0 aromatic carbocycles. The van der Waals surface area contributed by atoms with Crippen molar-refractivity contribution in [1.29, 1.82) is 0 Å². The molecule has 11 heterocycles. The molecule has 0 spiro atoms. The molecule has 56 atom stereocenters. The third kappa shape index (κ3) is 26.2. The van der Waals surface area contributed by atoms with Crippen molar-refractivity contribution in [2.24, 2.45) is 0 Å². The van der Waals surface area contributed by atoms with Crippen LogP contribution in [-0.4, -0.2) is 626 Å². The van der Waals surface area contributed by atoms with Gasteiger partial charge in [0.25, 0.3) is 5.79 Å². The van der Waals surface area contributed by atoms with Gasteiger partial charge in [0.1, 0.15) is 269 Å². The Balaban J connectivity index is 0.893. The first kappa shape index (κ1) is 119. The van der Waals surface area contributed by atoms with E-state index in [9.17, 15) is 197 Å². The van der Waals surface area contributed by atoms with Crippen molar-refractivity contribution in [3.8, 4) is 0 Å². The molecule has 38 N–H and O–H groups in total. The molecule has 832 valence electrons. The molecule has 0 aromatic heterocycles. The summed E-state index contributed by atoms with van der Waals surface area (Å²) >= 11 is 0. The summed E-state index contributed by atoms with van der Waals surface area (Å²) in [4.78, 5) is 77.3. The number of rotatable bonds is 40. The molecule has 65 nitrogen and oxygen atoms in total. The minimum atomic E-state index is -3.19. The number of aliphatic carboxylic acids is 1. The number of ether oxygens (including phenoxy) is 21. The van der Waals surface area contributed by atoms with Gasteiger partial charge in [0, 0.05) is 34.1 Å². The minimum Gasteiger partial charge on any atom is -0.477 e. The Hall–Kier alpha value is -5.30. The summed E-state index contributed by atoms with van der Waals surface area (Å²) < 4.78 is 124. The summed E-state index contributed by atoms with van der Waals surface area (Å²) in [5.74, 6) is -10.5. The number of carboxylic acids is 1. The first-order chi connectivity index (χ1) is 68.0. The van der Waals surface area contributed by atoms with Crippen molar-refractivity contribution in [3.05, 3.63) is 0 Å². The molecule has 0 aliphatic carbocycles. The normalized spacial score (nSPS) is 47.5. The van der Waals surface area contributed by atoms with E-state index in [1.54, 1.807) is 0 Å². The zero-order valence-electron chi connectivity index (χ0n) is 76.7. The van der Waals surface area contributed by atoms with Crippen LogP contribution in [0.2, 0.25) is 0 Å². The Morgan fingerprint density at radius 2 is 0.597 bits per heavy atom. The maximum atomic E-state index is 13.3. The van der Waals surface area contributed by atoms with E-state index in [4.69, 9.17) is 99.5 Å². The number of hydrogen-bond donors (Lipinski definition) is 38. The lowest BCUT2D eigenvalue weighted by atomic mass is 9.88. The first-order valence-corrected chi connectivity index (χ1v) is 45.4. The van der Waals surface area contributed by atoms with E-state index in [1.807, 2.05) is 0 Å². The predicted octanol–water partition coefficient (Wildman–Crippen LogP) is -26.1. The van der Waals surface area contributed by atoms with E-state index in [2.05, 4.69) is 26.6 Å². The molecule has 0 aromatic rings. The van der Waals surface area contributed by atoms with Gasteiger partial charge in [-0.2, -0.15) is 0 Å². The molecule has 11 saturated heterocycles. The number of hydrogen-bond acceptors (Lipinski definition) is 59. The fourth-order valence-electron chi connectivity index (χ4n) is 18.4. The molecule has 0 unspecified atom stereocenters. The summed E-state index contributed by atoms with van der Waals surface area (Å²) in [6.07, 6.45) is -112. The zero-order chi connectivity index (χ0) is 106. The maximum Gasteiger partial charge on any atom is 0.364 e. The van der Waals surface area contributed by atoms with Gasteiger partial charge in [-0.1, -0.05) is 0 Å². The zero-order valence-corrected chi connectivity index (χ0v) is 76.7. The fraction of sp³-hybridized carbons (Fsp3) is 0.924. The lowest BCUT2D eigenvalue weighted by Gasteiger charge is -2.51. The Kier molecular flexibility index (Phi) is 42.9. The number of aliphatic hydroxyl groups is 32. The van der Waals surface area contributed by atoms with E-state index in [1.165, 1.54) is 0 Å². The Bertz CT molecular complexity index is 4050. The molecule has 65 heteroatoms. The number of nitrogens with one attached hydrogen (secondary N) is 5. The molecular formula is C79H131N5O60. The number of carbonyl (C=O) groups excluding carboxylic acids is 5. The van der Waals surface area contributed by atoms with Crippen molar-refractivity contribution in [2.75, 3.05) is 79.3 Å². The van der Waals surface area contributed by atoms with Crippen LogP contribution in [-0.2, 0) is 128 Å². The van der Waals surface area contributed by atoms with Crippen LogP contribution in [0.4, 0.5) is 0 Å². The molecule has 5 amide bonds. The average Bonchev–Trinajstić information content (AvgIpc) is 0.761. The Labute approximate surface area is 812 Å². The molecule has 144 heavy (non-hydrogen) atoms. The summed E-state index contributed by atoms with van der Waals surface area (Å²) in [6.45, 7) is -11.0. The quantitative estimate of drug-likeness (QED) is 0.0271. The van der Waals surface area contributed by atoms with Gasteiger partial charge in [-0.15, -0.1) is 0 Å². The first-order valence-electron chi connectivity index (χ1n) is 45.4. The number of aliphatic hydroxyl groups excluding tert-OH is 32. The van der Waals surface area contributed by atoms with Crippen LogP contribution in [0.3, 0.4) is 0 Å². The van der Waals surface area contributed by atoms with Gasteiger partial charge in [-0.25, -0.2) is 4.79 Å². The van der Waals surface area contributed by atoms with E-state index < -0.39 is 464 Å². The molecule has 11 fully saturated rings. The molecule has 11 aliphatic heterocycles. The second kappa shape index (κ2) is 51.9. The topological polar surface area (TPSA) is 1020 Å². The summed E-state index contributed by atoms with van der Waals surface area (Å²) in [5, 5.41) is 380. The summed E-state index contributed by atoms with van der Waals surface area (Å²) in [6, 6.07) is -9.81. The summed E-state index contributed by atoms with van der Waals surface area (Å²) in [7, 11) is 0. The highest BCUT2D eigenvalue weighted by molar-refractivity contribution is 5.78. The van der Waals surface area contributed by atoms with Crippen LogP contribution in [0.25, 0.3) is 0 Å². The van der Waals surface area contributed by atoms with Crippen molar-refractivity contribution < 1.29 is 297 Å². The van der Waals surface area contributed by atoms with Crippen LogP contribution in [0.15, 0.2) is 0 Å². The smallest absolute Gasteiger partial charge is 0.364 e. The highest BCUT2D eigenvalue weighted by Crippen LogP contribution is 2.43. The molecular weight excluding hydrogens is 1980 g/mol. The van der Waals surface area contributed by atoms with Gasteiger partial charge in [0.05, 0.1) is 84.8 Å². The average molecular weight is 2110 g/mol. The molecule has 11 aliphatic rings. The van der Waals surface area contributed by atoms with Gasteiger partial charge < -0.3 is 295 Å². The van der Waals surface area contributed by atoms with Crippen molar-refractivity contribution >= 4 is 35.5 Å². The van der Waals surface area contributed by atoms with Gasteiger partial charge in [0.2, 0.25) is 29.5 Å². The largest absolute Gasteiger partial charge is 0.477 e. The highest BCUT2D eigenvalue weighted by Gasteiger charge is 2.64. The Morgan fingerprint density at radius 1 is 0.299 bits per heavy atom. The third-order valence-electron chi connectivity index (χ3n) is 26.1. The Morgan fingerprint density at radius 3 is 0.986 bits per heavy atom. The third-order valence-corrected chi connectivity index (χ3v) is 26.1. The van der Waals surface area contributed by atoms with Gasteiger partial charge in [-0.05, 0) is 0 Å². The SMILES string of the molecule is CC(=O)N[C@@H]1[C@@H](O)[C@H](O[C@@H]2O[C@H](CO)[C@@H](O[C@@H]3O[C@H](CO[C@H]4O[C@H](CO)[C@@H](O)[C@H](O)[C@@H]4O[C@@H]4O[C@H](CO)[C@@H](O[C@@H]5O[C@H](CO)[C@H](O)[C@H](O[C@H]6O[C@H](CO)[C@H](O)[C@H](O)[C@H]6O)[C@H]5O)[C@H](O)[C@H]4NC(C)=O)[C@@H](O)[C@H](O[C@H]4O[C@H](CO)[C@@H](O)[C@H](O)[C@@H]4O[C@@H]4O[C@H](CO)[C@@H](O[C@@H]5O[C@H](CO[C@]6(C(=O)O)C[C@H](O)[C@@H](NC(=O)CO)[C@H]([C@H](O)[C@H](O)CO)O6)[C@H](O)[C@H](O)[C@H]5O)[C@H](O)[C@H]4NC(C)=O)[C@@H]3O)[C@H](O)[C@H]2NC(C)=O)[C@@H](CO)O[C@H]1O. The number of amides is 5. The molecule has 0 saturated carbocycles. The van der Waals surface area contributed by atoms with E-state index in [-0.39, 0.29) is 0 Å². The molecule has 11 rings (SSSR count). The van der Waals surface area contributed by atoms with E-state index >= 15 is 0 Å². The summed E-state index contributed by atoms with van der Waals surface area (Å²) in [5.41, 5.74) is 0. The van der Waals surface area contributed by atoms with E-state index in [0.717, 1.165) is 27.7 Å². The van der Waals surface area contributed by atoms with Crippen LogP contribution >= 0.6 is 0 Å². The van der Waals surface area contributed by atoms with Crippen molar-refractivity contribution in [3.63, 3.8) is 0 Å². The van der Waals surface area contributed by atoms with Crippen LogP contribution in [0.1, 0.15) is 34.1 Å². The van der Waals surface area contributed by atoms with Crippen LogP contribution in [0, 0.1) is 0 Å². The van der Waals surface area contributed by atoms with Gasteiger partial charge in [0.15, 0.2) is 62.9 Å². The van der Waals surface area contributed by atoms with Crippen molar-refractivity contribution in [2.45, 2.75) is 377 Å². The number of carbonyl (C=O) groups is 6. The molecule has 0 bridgehead atoms. The predicted molar refractivity (Wildman–Crippen MR) is 439 cm³/mol. The van der Waals surface area contributed by atoms with Crippen LogP contribution < -0.4 is 26.6 Å². The second-order valence-corrected chi connectivity index (χ2v) is 36.0. The standard InChI is InChI=1S/C79H131N5O60/c1-18(95)80-36-47(109)59(28(11-90)126-68(36)121)136-69-37(81-19(2)96)48(110)62(30(13-92)131-69)139-75-58(120)65(46(108)32(134-75)16-124-76-66(53(115)42(104)25(8-87)129-76)142-70-38(82-20(3)97)50(112)61(31(14-93)132-70)138-74-57(119)64(45(107)27(10-89)128-74)140-72-55(117)51(113)41(103)24(7-86)127-72)141-77-67(54(116)43(105)26(9-88)130-77)143-71-39(83-21(4)98)49(111)60(29(12-91)133-71)137-73-56(118)52(114)44(106)33(135-73)17-125-79(78(122)123)5-22(99)35(84-34(101)15-94)63(144-79)40(102)23(100)6-85/h22-33,35-77,85-94,99-100,102-121H,5-17H2,1-4H3,(H,80,95)(H,81,96)(H,82,97)(H,83,98)(H,84,101)(H,122,123)/t22-,23+,24+,25+,26+,27+,28+,29+,30+,31+,32+,33+,35+,36+,37+,38+,39+,40+,41-,42+,43+,44-,45-,46+,47+,48+,49+,50+,51-,52-,53-,54-,55+,56+,57+,58-,59+,60+,61+,62+,63+,64-,65-,66-,67-,68+,69-,70-,71-,72+,73-,74-,75-,76-,77+,79+/m0/s1. The minimum absolute atomic E-state index is 0.832. The highest BCUT2D eigenvalue weighted by atomic mass is 16.8. The molecule has 0 radical (unpaired) electrons. The van der Waals surface area contributed by atoms with Crippen LogP contribution in [0.5, 0.6) is 0 Å².